The minimum absolute atomic E-state index is 0.360. The number of fused-ring (bicyclic) bond motifs is 1. The average Bonchev–Trinajstić information content (AvgIpc) is 3.58. The van der Waals surface area contributed by atoms with Gasteiger partial charge in [-0.2, -0.15) is 5.10 Å². The van der Waals surface area contributed by atoms with Gasteiger partial charge in [-0.3, -0.25) is 10.00 Å². The third-order valence-corrected chi connectivity index (χ3v) is 5.46. The summed E-state index contributed by atoms with van der Waals surface area (Å²) in [5, 5.41) is 24.0. The van der Waals surface area contributed by atoms with Gasteiger partial charge in [0.25, 0.3) is 0 Å². The van der Waals surface area contributed by atoms with Crippen molar-refractivity contribution in [1.82, 2.24) is 25.1 Å². The molecule has 0 aliphatic carbocycles. The number of aromatic nitrogens is 4. The van der Waals surface area contributed by atoms with Crippen molar-refractivity contribution in [3.8, 4) is 11.3 Å². The Morgan fingerprint density at radius 3 is 2.33 bits per heavy atom. The first kappa shape index (κ1) is 26.3. The van der Waals surface area contributed by atoms with E-state index in [2.05, 4.69) is 55.4 Å². The Morgan fingerprint density at radius 2 is 1.70 bits per heavy atom. The van der Waals surface area contributed by atoms with Gasteiger partial charge in [-0.25, -0.2) is 4.98 Å². The molecule has 1 aliphatic heterocycles. The van der Waals surface area contributed by atoms with Crippen LogP contribution in [0.5, 0.6) is 0 Å². The smallest absolute Gasteiger partial charge is 0.137 e. The lowest BCUT2D eigenvalue weighted by Crippen LogP contribution is -2.34. The van der Waals surface area contributed by atoms with Crippen LogP contribution in [0.4, 0.5) is 0 Å². The molecule has 5 rings (SSSR count). The van der Waals surface area contributed by atoms with Gasteiger partial charge in [-0.15, -0.1) is 0 Å². The SMILES string of the molecule is CC.CO.OCC1CCN(Cc2ccccc2)CC1.c1cnc2[nH]cc(-c3ccn[nH]3)c2c1. The fraction of sp³-hybridized carbons (Fsp3) is 0.385. The first-order valence-electron chi connectivity index (χ1n) is 11.6. The molecule has 1 saturated heterocycles. The minimum Gasteiger partial charge on any atom is -0.400 e. The molecule has 0 unspecified atom stereocenters. The van der Waals surface area contributed by atoms with E-state index in [1.807, 2.05) is 38.2 Å². The van der Waals surface area contributed by atoms with Gasteiger partial charge in [0.15, 0.2) is 0 Å². The summed E-state index contributed by atoms with van der Waals surface area (Å²) in [6.45, 7) is 7.67. The highest BCUT2D eigenvalue weighted by atomic mass is 16.3. The number of pyridine rings is 1. The lowest BCUT2D eigenvalue weighted by Gasteiger charge is -2.30. The molecule has 1 aromatic carbocycles. The molecule has 0 radical (unpaired) electrons. The zero-order valence-corrected chi connectivity index (χ0v) is 19.9. The standard InChI is InChI=1S/C13H19NO.C10H8N4.C2H6.CH4O/c15-11-13-6-8-14(9-7-13)10-12-4-2-1-3-5-12;1-2-7-8(9-3-5-13-14-9)6-12-10(7)11-4-1;2*1-2/h1-5,13,15H,6-11H2;1-6H,(H,11,12)(H,13,14);1-2H3;2H,1H3. The normalized spacial score (nSPS) is 13.7. The number of piperidine rings is 1. The summed E-state index contributed by atoms with van der Waals surface area (Å²) in [7, 11) is 1.00. The van der Waals surface area contributed by atoms with Crippen LogP contribution in [-0.4, -0.2) is 62.1 Å². The third kappa shape index (κ3) is 7.82. The molecule has 4 N–H and O–H groups in total. The quantitative estimate of drug-likeness (QED) is 0.367. The molecule has 1 fully saturated rings. The number of hydrogen-bond acceptors (Lipinski definition) is 5. The summed E-state index contributed by atoms with van der Waals surface area (Å²) in [5.41, 5.74) is 4.40. The number of hydrogen-bond donors (Lipinski definition) is 4. The molecule has 3 aromatic heterocycles. The highest BCUT2D eigenvalue weighted by Crippen LogP contribution is 2.25. The van der Waals surface area contributed by atoms with Crippen molar-refractivity contribution >= 4 is 11.0 Å². The molecule has 33 heavy (non-hydrogen) atoms. The monoisotopic (exact) mass is 451 g/mol. The maximum absolute atomic E-state index is 9.05. The number of H-pyrrole nitrogens is 2. The molecule has 0 saturated carbocycles. The topological polar surface area (TPSA) is 101 Å². The predicted octanol–water partition coefficient (Wildman–Crippen LogP) is 4.48. The summed E-state index contributed by atoms with van der Waals surface area (Å²) in [5.74, 6) is 0.539. The molecule has 0 amide bonds. The van der Waals surface area contributed by atoms with Crippen molar-refractivity contribution in [1.29, 1.82) is 0 Å². The van der Waals surface area contributed by atoms with Crippen LogP contribution in [0.3, 0.4) is 0 Å². The Balaban J connectivity index is 0.000000203. The van der Waals surface area contributed by atoms with E-state index in [9.17, 15) is 0 Å². The van der Waals surface area contributed by atoms with Crippen LogP contribution in [0, 0.1) is 5.92 Å². The van der Waals surface area contributed by atoms with Crippen molar-refractivity contribution in [2.24, 2.45) is 5.92 Å². The Kier molecular flexibility index (Phi) is 11.9. The Hall–Kier alpha value is -3.00. The van der Waals surface area contributed by atoms with E-state index in [-0.39, 0.29) is 0 Å². The number of aliphatic hydroxyl groups is 2. The molecule has 178 valence electrons. The van der Waals surface area contributed by atoms with E-state index in [1.165, 1.54) is 5.56 Å². The summed E-state index contributed by atoms with van der Waals surface area (Å²) in [6.07, 6.45) is 7.73. The van der Waals surface area contributed by atoms with Gasteiger partial charge < -0.3 is 15.2 Å². The van der Waals surface area contributed by atoms with E-state index >= 15 is 0 Å². The van der Waals surface area contributed by atoms with Gasteiger partial charge in [-0.1, -0.05) is 44.2 Å². The number of aliphatic hydroxyl groups excluding tert-OH is 2. The van der Waals surface area contributed by atoms with Crippen LogP contribution >= 0.6 is 0 Å². The van der Waals surface area contributed by atoms with Gasteiger partial charge in [-0.05, 0) is 55.6 Å². The van der Waals surface area contributed by atoms with Crippen molar-refractivity contribution in [3.05, 3.63) is 72.7 Å². The molecule has 7 nitrogen and oxygen atoms in total. The minimum atomic E-state index is 0.360. The number of aromatic amines is 2. The molecule has 7 heteroatoms. The van der Waals surface area contributed by atoms with E-state index in [0.29, 0.717) is 12.5 Å². The second kappa shape index (κ2) is 14.9. The summed E-state index contributed by atoms with van der Waals surface area (Å²) in [6, 6.07) is 16.5. The van der Waals surface area contributed by atoms with E-state index in [1.54, 1.807) is 12.4 Å². The number of likely N-dealkylation sites (tertiary alicyclic amines) is 1. The molecule has 0 bridgehead atoms. The zero-order valence-electron chi connectivity index (χ0n) is 19.9. The Labute approximate surface area is 196 Å². The van der Waals surface area contributed by atoms with Crippen molar-refractivity contribution < 1.29 is 10.2 Å². The highest BCUT2D eigenvalue weighted by Gasteiger charge is 2.18. The van der Waals surface area contributed by atoms with Gasteiger partial charge in [0, 0.05) is 49.8 Å². The van der Waals surface area contributed by atoms with Gasteiger partial charge in [0.05, 0.1) is 5.69 Å². The Bertz CT molecular complexity index is 994. The second-order valence-electron chi connectivity index (χ2n) is 7.46. The van der Waals surface area contributed by atoms with Crippen LogP contribution < -0.4 is 0 Å². The van der Waals surface area contributed by atoms with Gasteiger partial charge >= 0.3 is 0 Å². The fourth-order valence-corrected chi connectivity index (χ4v) is 3.75. The number of rotatable bonds is 4. The fourth-order valence-electron chi connectivity index (χ4n) is 3.75. The van der Waals surface area contributed by atoms with Crippen LogP contribution in [0.25, 0.3) is 22.3 Å². The van der Waals surface area contributed by atoms with Crippen molar-refractivity contribution in [2.75, 3.05) is 26.8 Å². The number of nitrogens with one attached hydrogen (secondary N) is 2. The van der Waals surface area contributed by atoms with Crippen molar-refractivity contribution in [2.45, 2.75) is 33.2 Å². The number of benzene rings is 1. The van der Waals surface area contributed by atoms with Gasteiger partial charge in [0.2, 0.25) is 0 Å². The lowest BCUT2D eigenvalue weighted by molar-refractivity contribution is 0.127. The second-order valence-corrected chi connectivity index (χ2v) is 7.46. The summed E-state index contributed by atoms with van der Waals surface area (Å²) >= 11 is 0. The zero-order chi connectivity index (χ0) is 23.9. The lowest BCUT2D eigenvalue weighted by atomic mass is 9.97. The molecule has 0 spiro atoms. The molecular weight excluding hydrogens is 414 g/mol. The van der Waals surface area contributed by atoms with E-state index in [4.69, 9.17) is 10.2 Å². The first-order valence-corrected chi connectivity index (χ1v) is 11.6. The van der Waals surface area contributed by atoms with E-state index < -0.39 is 0 Å². The number of nitrogens with zero attached hydrogens (tertiary/aromatic N) is 3. The first-order chi connectivity index (χ1) is 16.3. The average molecular weight is 452 g/mol. The molecule has 4 aromatic rings. The Morgan fingerprint density at radius 1 is 0.970 bits per heavy atom. The molecule has 4 heterocycles. The maximum Gasteiger partial charge on any atom is 0.137 e. The summed E-state index contributed by atoms with van der Waals surface area (Å²) < 4.78 is 0. The summed E-state index contributed by atoms with van der Waals surface area (Å²) in [4.78, 5) is 9.81. The predicted molar refractivity (Wildman–Crippen MR) is 135 cm³/mol. The van der Waals surface area contributed by atoms with Gasteiger partial charge in [0.1, 0.15) is 5.65 Å². The molecule has 0 atom stereocenters. The maximum atomic E-state index is 9.05. The van der Waals surface area contributed by atoms with Crippen LogP contribution in [0.2, 0.25) is 0 Å². The van der Waals surface area contributed by atoms with Crippen LogP contribution in [-0.2, 0) is 6.54 Å². The largest absolute Gasteiger partial charge is 0.400 e. The van der Waals surface area contributed by atoms with Crippen LogP contribution in [0.1, 0.15) is 32.3 Å². The molecular formula is C26H37N5O2. The third-order valence-electron chi connectivity index (χ3n) is 5.46. The molecule has 1 aliphatic rings. The highest BCUT2D eigenvalue weighted by molar-refractivity contribution is 5.92. The van der Waals surface area contributed by atoms with Crippen LogP contribution in [0.15, 0.2) is 67.1 Å². The van der Waals surface area contributed by atoms with E-state index in [0.717, 1.165) is 61.9 Å². The van der Waals surface area contributed by atoms with Crippen molar-refractivity contribution in [3.63, 3.8) is 0 Å².